The number of thiazole rings is 1. The standard InChI is InChI=1S/C31H30N4O7S/c1-7-42-30(37)27-18(3)32-31-34(28(27)20-8-13-24(40-5)25(15-20)41-6)29(36)26(43-31)16-21-14-17(2)33(19(21)4)22-9-11-23(12-10-22)35(38)39/h8-16,28H,7H2,1-6H3/b26-16-. The average Bonchev–Trinajstić information content (AvgIpc) is 3.45. The summed E-state index contributed by atoms with van der Waals surface area (Å²) in [4.78, 5) is 43.0. The number of benzene rings is 2. The van der Waals surface area contributed by atoms with Gasteiger partial charge in [0.05, 0.1) is 47.6 Å². The minimum absolute atomic E-state index is 0.00839. The first-order valence-electron chi connectivity index (χ1n) is 13.4. The summed E-state index contributed by atoms with van der Waals surface area (Å²) in [5.74, 6) is 0.420. The number of fused-ring (bicyclic) bond motifs is 1. The van der Waals surface area contributed by atoms with Crippen LogP contribution in [0, 0.1) is 24.0 Å². The summed E-state index contributed by atoms with van der Waals surface area (Å²) in [5.41, 5.74) is 4.40. The SMILES string of the molecule is CCOC(=O)C1=C(C)N=c2s/c(=C\c3cc(C)n(-c4ccc([N+](=O)[O-])cc4)c3C)c(=O)n2C1c1ccc(OC)c(OC)c1. The Bertz CT molecular complexity index is 1970. The quantitative estimate of drug-likeness (QED) is 0.169. The maximum Gasteiger partial charge on any atom is 0.338 e. The topological polar surface area (TPSA) is 127 Å². The molecule has 5 rings (SSSR count). The van der Waals surface area contributed by atoms with E-state index in [1.165, 1.54) is 42.3 Å². The Morgan fingerprint density at radius 2 is 1.77 bits per heavy atom. The second-order valence-corrected chi connectivity index (χ2v) is 10.9. The highest BCUT2D eigenvalue weighted by atomic mass is 32.1. The summed E-state index contributed by atoms with van der Waals surface area (Å²) in [7, 11) is 3.06. The van der Waals surface area contributed by atoms with E-state index in [1.54, 1.807) is 44.2 Å². The highest BCUT2D eigenvalue weighted by Gasteiger charge is 2.34. The van der Waals surface area contributed by atoms with Gasteiger partial charge >= 0.3 is 5.97 Å². The van der Waals surface area contributed by atoms with Crippen LogP contribution in [0.1, 0.15) is 42.4 Å². The summed E-state index contributed by atoms with van der Waals surface area (Å²) < 4.78 is 20.2. The van der Waals surface area contributed by atoms with Gasteiger partial charge in [0.2, 0.25) is 0 Å². The number of ether oxygens (including phenoxy) is 3. The zero-order valence-electron chi connectivity index (χ0n) is 24.5. The smallest absolute Gasteiger partial charge is 0.338 e. The second-order valence-electron chi connectivity index (χ2n) is 9.85. The molecular formula is C31H30N4O7S. The van der Waals surface area contributed by atoms with E-state index in [9.17, 15) is 19.7 Å². The van der Waals surface area contributed by atoms with Crippen molar-refractivity contribution in [3.05, 3.63) is 112 Å². The molecule has 0 saturated heterocycles. The van der Waals surface area contributed by atoms with Crippen molar-refractivity contribution in [1.29, 1.82) is 0 Å². The lowest BCUT2D eigenvalue weighted by atomic mass is 9.95. The molecule has 0 fully saturated rings. The molecule has 0 N–H and O–H groups in total. The molecule has 1 aliphatic heterocycles. The number of allylic oxidation sites excluding steroid dienone is 1. The predicted octanol–water partition coefficient (Wildman–Crippen LogP) is 4.13. The third-order valence-electron chi connectivity index (χ3n) is 7.32. The van der Waals surface area contributed by atoms with Gasteiger partial charge in [0.1, 0.15) is 0 Å². The first-order valence-corrected chi connectivity index (χ1v) is 14.3. The van der Waals surface area contributed by atoms with Crippen molar-refractivity contribution in [2.75, 3.05) is 20.8 Å². The number of hydrogen-bond acceptors (Lipinski definition) is 9. The molecule has 0 spiro atoms. The number of carbonyl (C=O) groups is 1. The number of non-ortho nitro benzene ring substituents is 1. The van der Waals surface area contributed by atoms with Gasteiger partial charge in [-0.1, -0.05) is 17.4 Å². The number of nitro benzene ring substituents is 1. The molecule has 0 bridgehead atoms. The van der Waals surface area contributed by atoms with Gasteiger partial charge in [0.15, 0.2) is 16.3 Å². The minimum atomic E-state index is -0.801. The van der Waals surface area contributed by atoms with Gasteiger partial charge in [0, 0.05) is 29.2 Å². The van der Waals surface area contributed by atoms with E-state index in [1.807, 2.05) is 30.6 Å². The molecule has 0 amide bonds. The van der Waals surface area contributed by atoms with E-state index < -0.39 is 16.9 Å². The minimum Gasteiger partial charge on any atom is -0.493 e. The van der Waals surface area contributed by atoms with Crippen LogP contribution in [0.25, 0.3) is 11.8 Å². The van der Waals surface area contributed by atoms with E-state index in [2.05, 4.69) is 4.99 Å². The van der Waals surface area contributed by atoms with Crippen LogP contribution in [-0.2, 0) is 9.53 Å². The van der Waals surface area contributed by atoms with Crippen LogP contribution >= 0.6 is 11.3 Å². The van der Waals surface area contributed by atoms with Gasteiger partial charge < -0.3 is 18.8 Å². The summed E-state index contributed by atoms with van der Waals surface area (Å²) in [6, 6.07) is 12.7. The van der Waals surface area contributed by atoms with Gasteiger partial charge in [-0.15, -0.1) is 0 Å². The molecule has 43 heavy (non-hydrogen) atoms. The summed E-state index contributed by atoms with van der Waals surface area (Å²) >= 11 is 1.23. The Morgan fingerprint density at radius 1 is 1.07 bits per heavy atom. The van der Waals surface area contributed by atoms with Gasteiger partial charge in [-0.2, -0.15) is 0 Å². The number of carbonyl (C=O) groups excluding carboxylic acids is 1. The third-order valence-corrected chi connectivity index (χ3v) is 8.30. The number of nitrogens with zero attached hydrogens (tertiary/aromatic N) is 4. The number of methoxy groups -OCH3 is 2. The Balaban J connectivity index is 1.68. The van der Waals surface area contributed by atoms with Gasteiger partial charge in [-0.05, 0) is 75.2 Å². The molecule has 1 unspecified atom stereocenters. The summed E-state index contributed by atoms with van der Waals surface area (Å²) in [6.07, 6.45) is 1.81. The number of aryl methyl sites for hydroxylation is 1. The first-order chi connectivity index (χ1) is 20.6. The molecule has 0 radical (unpaired) electrons. The molecule has 1 aliphatic rings. The van der Waals surface area contributed by atoms with Crippen molar-refractivity contribution >= 4 is 29.1 Å². The van der Waals surface area contributed by atoms with Gasteiger partial charge in [-0.25, -0.2) is 9.79 Å². The van der Waals surface area contributed by atoms with Gasteiger partial charge in [0.25, 0.3) is 11.2 Å². The fourth-order valence-electron chi connectivity index (χ4n) is 5.33. The van der Waals surface area contributed by atoms with Crippen molar-refractivity contribution in [2.24, 2.45) is 4.99 Å². The summed E-state index contributed by atoms with van der Waals surface area (Å²) in [5, 5.41) is 11.1. The second kappa shape index (κ2) is 11.7. The lowest BCUT2D eigenvalue weighted by Crippen LogP contribution is -2.40. The maximum absolute atomic E-state index is 14.1. The van der Waals surface area contributed by atoms with Crippen molar-refractivity contribution in [3.8, 4) is 17.2 Å². The summed E-state index contributed by atoms with van der Waals surface area (Å²) in [6.45, 7) is 7.48. The molecule has 222 valence electrons. The molecule has 1 atom stereocenters. The van der Waals surface area contributed by atoms with Crippen molar-refractivity contribution in [1.82, 2.24) is 9.13 Å². The normalized spacial score (nSPS) is 14.7. The van der Waals surface area contributed by atoms with E-state index in [4.69, 9.17) is 14.2 Å². The largest absolute Gasteiger partial charge is 0.493 e. The number of aromatic nitrogens is 2. The van der Waals surface area contributed by atoms with Crippen molar-refractivity contribution in [2.45, 2.75) is 33.7 Å². The van der Waals surface area contributed by atoms with E-state index in [0.717, 1.165) is 22.6 Å². The van der Waals surface area contributed by atoms with Crippen molar-refractivity contribution < 1.29 is 23.9 Å². The highest BCUT2D eigenvalue weighted by Crippen LogP contribution is 2.36. The monoisotopic (exact) mass is 602 g/mol. The van der Waals surface area contributed by atoms with Crippen LogP contribution in [0.2, 0.25) is 0 Å². The zero-order valence-corrected chi connectivity index (χ0v) is 25.4. The van der Waals surface area contributed by atoms with E-state index >= 15 is 0 Å². The molecule has 12 heteroatoms. The molecule has 11 nitrogen and oxygen atoms in total. The lowest BCUT2D eigenvalue weighted by molar-refractivity contribution is -0.384. The zero-order chi connectivity index (χ0) is 31.0. The molecule has 2 aromatic carbocycles. The molecule has 2 aromatic heterocycles. The average molecular weight is 603 g/mol. The molecule has 3 heterocycles. The van der Waals surface area contributed by atoms with Crippen LogP contribution in [0.5, 0.6) is 11.5 Å². The fraction of sp³-hybridized carbons (Fsp3) is 0.258. The third kappa shape index (κ3) is 5.25. The Morgan fingerprint density at radius 3 is 2.40 bits per heavy atom. The molecule has 0 aliphatic carbocycles. The Labute approximate surface area is 250 Å². The van der Waals surface area contributed by atoms with Crippen LogP contribution in [0.15, 0.2) is 69.6 Å². The highest BCUT2D eigenvalue weighted by molar-refractivity contribution is 7.07. The Kier molecular flexibility index (Phi) is 8.05. The molecule has 0 saturated carbocycles. The number of rotatable bonds is 8. The van der Waals surface area contributed by atoms with E-state index in [0.29, 0.717) is 32.1 Å². The first kappa shape index (κ1) is 29.5. The number of esters is 1. The van der Waals surface area contributed by atoms with Crippen LogP contribution < -0.4 is 24.4 Å². The maximum atomic E-state index is 14.1. The molecular weight excluding hydrogens is 572 g/mol. The Hall–Kier alpha value is -4.97. The lowest BCUT2D eigenvalue weighted by Gasteiger charge is -2.25. The van der Waals surface area contributed by atoms with Crippen molar-refractivity contribution in [3.63, 3.8) is 0 Å². The number of nitro groups is 1. The van der Waals surface area contributed by atoms with Crippen LogP contribution in [-0.4, -0.2) is 40.9 Å². The predicted molar refractivity (Wildman–Crippen MR) is 162 cm³/mol. The van der Waals surface area contributed by atoms with Gasteiger partial charge in [-0.3, -0.25) is 19.5 Å². The van der Waals surface area contributed by atoms with Crippen LogP contribution in [0.4, 0.5) is 5.69 Å². The fourth-order valence-corrected chi connectivity index (χ4v) is 6.36. The molecule has 4 aromatic rings. The number of hydrogen-bond donors (Lipinski definition) is 0. The van der Waals surface area contributed by atoms with E-state index in [-0.39, 0.29) is 23.4 Å². The van der Waals surface area contributed by atoms with Crippen LogP contribution in [0.3, 0.4) is 0 Å².